The van der Waals surface area contributed by atoms with Crippen molar-refractivity contribution in [3.8, 4) is 0 Å². The summed E-state index contributed by atoms with van der Waals surface area (Å²) < 4.78 is 0. The molecule has 0 unspecified atom stereocenters. The van der Waals surface area contributed by atoms with Crippen molar-refractivity contribution in [3.05, 3.63) is 12.2 Å². The van der Waals surface area contributed by atoms with Crippen LogP contribution in [0.2, 0.25) is 0 Å². The Labute approximate surface area is 137 Å². The molecule has 21 heavy (non-hydrogen) atoms. The summed E-state index contributed by atoms with van der Waals surface area (Å²) in [6.07, 6.45) is 23.4. The zero-order valence-corrected chi connectivity index (χ0v) is 14.8. The van der Waals surface area contributed by atoms with Crippen LogP contribution < -0.4 is 0 Å². The molecule has 124 valence electrons. The fourth-order valence-corrected chi connectivity index (χ4v) is 2.65. The van der Waals surface area contributed by atoms with Crippen LogP contribution in [-0.4, -0.2) is 5.24 Å². The zero-order valence-electron chi connectivity index (χ0n) is 14.0. The second kappa shape index (κ2) is 17.8. The highest BCUT2D eigenvalue weighted by atomic mass is 35.5. The zero-order chi connectivity index (χ0) is 15.6. The third-order valence-corrected chi connectivity index (χ3v) is 4.07. The third-order valence-electron chi connectivity index (χ3n) is 3.89. The summed E-state index contributed by atoms with van der Waals surface area (Å²) in [6.45, 7) is 2.26. The summed E-state index contributed by atoms with van der Waals surface area (Å²) in [5, 5.41) is -0.188. The fraction of sp³-hybridized carbons (Fsp3) is 0.842. The first-order valence-corrected chi connectivity index (χ1v) is 9.48. The minimum atomic E-state index is -0.188. The van der Waals surface area contributed by atoms with Gasteiger partial charge in [0.25, 0.3) is 0 Å². The van der Waals surface area contributed by atoms with Gasteiger partial charge in [0.05, 0.1) is 0 Å². The molecule has 0 spiro atoms. The van der Waals surface area contributed by atoms with E-state index >= 15 is 0 Å². The van der Waals surface area contributed by atoms with Crippen molar-refractivity contribution in [2.24, 2.45) is 0 Å². The molecule has 0 atom stereocenters. The number of hydrogen-bond acceptors (Lipinski definition) is 1. The van der Waals surface area contributed by atoms with Crippen LogP contribution in [0.25, 0.3) is 0 Å². The lowest BCUT2D eigenvalue weighted by Gasteiger charge is -2.00. The highest BCUT2D eigenvalue weighted by molar-refractivity contribution is 6.63. The normalized spacial score (nSPS) is 11.3. The van der Waals surface area contributed by atoms with Gasteiger partial charge in [-0.05, 0) is 43.7 Å². The van der Waals surface area contributed by atoms with E-state index in [9.17, 15) is 4.79 Å². The Morgan fingerprint density at radius 1 is 0.714 bits per heavy atom. The van der Waals surface area contributed by atoms with E-state index in [-0.39, 0.29) is 5.24 Å². The molecule has 0 aliphatic heterocycles. The van der Waals surface area contributed by atoms with Crippen molar-refractivity contribution in [1.82, 2.24) is 0 Å². The Kier molecular flexibility index (Phi) is 17.5. The molecular weight excluding hydrogens is 280 g/mol. The number of unbranched alkanes of at least 4 members (excludes halogenated alkanes) is 12. The monoisotopic (exact) mass is 314 g/mol. The van der Waals surface area contributed by atoms with Gasteiger partial charge in [-0.3, -0.25) is 4.79 Å². The van der Waals surface area contributed by atoms with Gasteiger partial charge in [0, 0.05) is 6.42 Å². The summed E-state index contributed by atoms with van der Waals surface area (Å²) in [6, 6.07) is 0. The van der Waals surface area contributed by atoms with E-state index in [0.29, 0.717) is 6.42 Å². The van der Waals surface area contributed by atoms with E-state index in [1.165, 1.54) is 77.0 Å². The molecule has 1 nitrogen and oxygen atoms in total. The summed E-state index contributed by atoms with van der Waals surface area (Å²) in [5.74, 6) is 0. The molecule has 0 amide bonds. The molecule has 0 rings (SSSR count). The molecule has 0 fully saturated rings. The van der Waals surface area contributed by atoms with Crippen molar-refractivity contribution in [2.45, 2.75) is 103 Å². The molecule has 0 radical (unpaired) electrons. The van der Waals surface area contributed by atoms with Crippen molar-refractivity contribution >= 4 is 16.8 Å². The van der Waals surface area contributed by atoms with E-state index in [2.05, 4.69) is 19.1 Å². The van der Waals surface area contributed by atoms with E-state index in [0.717, 1.165) is 12.8 Å². The molecule has 0 aromatic heterocycles. The number of rotatable bonds is 16. The molecular formula is C19H35ClO. The molecule has 0 heterocycles. The number of carbonyl (C=O) groups is 1. The predicted molar refractivity (Wildman–Crippen MR) is 94.9 cm³/mol. The first kappa shape index (κ1) is 20.7. The molecule has 0 aliphatic rings. The lowest BCUT2D eigenvalue weighted by Crippen LogP contribution is -1.86. The molecule has 0 N–H and O–H groups in total. The largest absolute Gasteiger partial charge is 0.281 e. The maximum absolute atomic E-state index is 10.6. The van der Waals surface area contributed by atoms with Crippen LogP contribution in [0, 0.1) is 0 Å². The molecule has 0 aliphatic carbocycles. The van der Waals surface area contributed by atoms with Crippen molar-refractivity contribution in [1.29, 1.82) is 0 Å². The van der Waals surface area contributed by atoms with Gasteiger partial charge in [0.1, 0.15) is 0 Å². The summed E-state index contributed by atoms with van der Waals surface area (Å²) in [5.41, 5.74) is 0. The van der Waals surface area contributed by atoms with Crippen LogP contribution in [0.1, 0.15) is 103 Å². The van der Waals surface area contributed by atoms with E-state index < -0.39 is 0 Å². The molecule has 0 saturated heterocycles. The van der Waals surface area contributed by atoms with Crippen LogP contribution in [0.4, 0.5) is 0 Å². The average Bonchev–Trinajstić information content (AvgIpc) is 2.46. The van der Waals surface area contributed by atoms with Gasteiger partial charge in [0.2, 0.25) is 5.24 Å². The van der Waals surface area contributed by atoms with Gasteiger partial charge in [-0.1, -0.05) is 76.9 Å². The quantitative estimate of drug-likeness (QED) is 0.167. The molecule has 0 aromatic rings. The van der Waals surface area contributed by atoms with Gasteiger partial charge >= 0.3 is 0 Å². The lowest BCUT2D eigenvalue weighted by molar-refractivity contribution is -0.111. The maximum Gasteiger partial charge on any atom is 0.221 e. The number of allylic oxidation sites excluding steroid dienone is 2. The van der Waals surface area contributed by atoms with Crippen molar-refractivity contribution in [2.75, 3.05) is 0 Å². The van der Waals surface area contributed by atoms with Gasteiger partial charge in [-0.15, -0.1) is 0 Å². The Morgan fingerprint density at radius 2 is 1.14 bits per heavy atom. The molecule has 2 heteroatoms. The standard InChI is InChI=1S/C19H35ClO/c1-2-3-4-5-6-7-8-9-10-11-12-13-14-15-16-17-18-19(20)21/h8-9H,2-7,10-18H2,1H3/b9-8+. The summed E-state index contributed by atoms with van der Waals surface area (Å²) >= 11 is 5.30. The van der Waals surface area contributed by atoms with Crippen LogP contribution in [0.15, 0.2) is 12.2 Å². The fourth-order valence-electron chi connectivity index (χ4n) is 2.51. The maximum atomic E-state index is 10.6. The van der Waals surface area contributed by atoms with Crippen LogP contribution in [-0.2, 0) is 4.79 Å². The molecule has 0 bridgehead atoms. The van der Waals surface area contributed by atoms with E-state index in [1.807, 2.05) is 0 Å². The van der Waals surface area contributed by atoms with Crippen LogP contribution in [0.5, 0.6) is 0 Å². The Hall–Kier alpha value is -0.300. The average molecular weight is 315 g/mol. The Bertz CT molecular complexity index is 248. The highest BCUT2D eigenvalue weighted by Crippen LogP contribution is 2.11. The predicted octanol–water partition coefficient (Wildman–Crippen LogP) is 7.18. The molecule has 0 aromatic carbocycles. The highest BCUT2D eigenvalue weighted by Gasteiger charge is 1.96. The van der Waals surface area contributed by atoms with Crippen LogP contribution in [0.3, 0.4) is 0 Å². The number of halogens is 1. The summed E-state index contributed by atoms with van der Waals surface area (Å²) in [7, 11) is 0. The van der Waals surface area contributed by atoms with Gasteiger partial charge in [-0.25, -0.2) is 0 Å². The van der Waals surface area contributed by atoms with Crippen LogP contribution >= 0.6 is 11.6 Å². The van der Waals surface area contributed by atoms with E-state index in [1.54, 1.807) is 0 Å². The topological polar surface area (TPSA) is 17.1 Å². The SMILES string of the molecule is CCCCCCC/C=C/CCCCCCCCCC(=O)Cl. The third kappa shape index (κ3) is 19.7. The van der Waals surface area contributed by atoms with Gasteiger partial charge < -0.3 is 0 Å². The second-order valence-corrected chi connectivity index (χ2v) is 6.46. The molecule has 0 saturated carbocycles. The Balaban J connectivity index is 3.06. The number of carbonyl (C=O) groups excluding carboxylic acids is 1. The lowest BCUT2D eigenvalue weighted by atomic mass is 10.1. The van der Waals surface area contributed by atoms with E-state index in [4.69, 9.17) is 11.6 Å². The minimum absolute atomic E-state index is 0.188. The second-order valence-electron chi connectivity index (χ2n) is 6.04. The smallest absolute Gasteiger partial charge is 0.221 e. The van der Waals surface area contributed by atoms with Crippen molar-refractivity contribution < 1.29 is 4.79 Å². The minimum Gasteiger partial charge on any atom is -0.281 e. The Morgan fingerprint density at radius 3 is 1.62 bits per heavy atom. The van der Waals surface area contributed by atoms with Gasteiger partial charge in [0.15, 0.2) is 0 Å². The van der Waals surface area contributed by atoms with Gasteiger partial charge in [-0.2, -0.15) is 0 Å². The summed E-state index contributed by atoms with van der Waals surface area (Å²) in [4.78, 5) is 10.6. The first-order valence-electron chi connectivity index (χ1n) is 9.10. The first-order chi connectivity index (χ1) is 10.3. The van der Waals surface area contributed by atoms with Crippen molar-refractivity contribution in [3.63, 3.8) is 0 Å². The number of hydrogen-bond donors (Lipinski definition) is 0.